The molecule has 0 amide bonds. The van der Waals surface area contributed by atoms with E-state index in [1.807, 2.05) is 20.8 Å². The first-order chi connectivity index (χ1) is 7.75. The van der Waals surface area contributed by atoms with Crippen molar-refractivity contribution >= 4 is 0 Å². The molecule has 0 spiro atoms. The van der Waals surface area contributed by atoms with Crippen molar-refractivity contribution in [3.8, 4) is 5.82 Å². The van der Waals surface area contributed by atoms with E-state index in [0.29, 0.717) is 5.82 Å². The summed E-state index contributed by atoms with van der Waals surface area (Å²) in [5, 5.41) is 0. The lowest BCUT2D eigenvalue weighted by molar-refractivity contribution is 0.946. The van der Waals surface area contributed by atoms with Gasteiger partial charge in [-0.1, -0.05) is 13.8 Å². The summed E-state index contributed by atoms with van der Waals surface area (Å²) in [6.45, 7) is 5.88. The largest absolute Gasteiger partial charge is 0.307 e. The summed E-state index contributed by atoms with van der Waals surface area (Å²) in [7, 11) is 0. The van der Waals surface area contributed by atoms with Crippen LogP contribution in [0.2, 0.25) is 0 Å². The van der Waals surface area contributed by atoms with Gasteiger partial charge in [0.1, 0.15) is 0 Å². The van der Waals surface area contributed by atoms with Crippen LogP contribution in [0.25, 0.3) is 5.82 Å². The molecular weight excluding hydrogens is 202 g/mol. The molecule has 4 nitrogen and oxygen atoms in total. The Kier molecular flexibility index (Phi) is 4.39. The molecule has 0 aliphatic rings. The monoisotopic (exact) mass is 217 g/mol. The molecular formula is C12H15N3O. The van der Waals surface area contributed by atoms with Crippen LogP contribution in [0.5, 0.6) is 0 Å². The SMILES string of the molecule is CC.Cc1cnc(-n2ccc(=O)cc2)cn1. The van der Waals surface area contributed by atoms with E-state index in [0.717, 1.165) is 5.69 Å². The van der Waals surface area contributed by atoms with E-state index in [2.05, 4.69) is 9.97 Å². The van der Waals surface area contributed by atoms with Gasteiger partial charge in [0, 0.05) is 24.5 Å². The van der Waals surface area contributed by atoms with Crippen LogP contribution in [0.15, 0.2) is 41.7 Å². The zero-order chi connectivity index (χ0) is 12.0. The van der Waals surface area contributed by atoms with Crippen LogP contribution in [0.1, 0.15) is 19.5 Å². The molecule has 0 aromatic carbocycles. The lowest BCUT2D eigenvalue weighted by Crippen LogP contribution is -2.03. The molecule has 0 radical (unpaired) electrons. The Morgan fingerprint density at radius 3 is 2.19 bits per heavy atom. The molecule has 0 saturated heterocycles. The average molecular weight is 217 g/mol. The van der Waals surface area contributed by atoms with E-state index in [9.17, 15) is 4.79 Å². The number of hydrogen-bond donors (Lipinski definition) is 0. The van der Waals surface area contributed by atoms with Crippen LogP contribution < -0.4 is 5.43 Å². The number of aromatic nitrogens is 3. The predicted octanol–water partition coefficient (Wildman–Crippen LogP) is 1.96. The number of pyridine rings is 1. The van der Waals surface area contributed by atoms with Crippen LogP contribution in [0.3, 0.4) is 0 Å². The van der Waals surface area contributed by atoms with Crippen molar-refractivity contribution in [3.63, 3.8) is 0 Å². The van der Waals surface area contributed by atoms with Crippen LogP contribution in [0.4, 0.5) is 0 Å². The number of nitrogens with zero attached hydrogens (tertiary/aromatic N) is 3. The molecule has 0 unspecified atom stereocenters. The van der Waals surface area contributed by atoms with E-state index in [-0.39, 0.29) is 5.43 Å². The minimum Gasteiger partial charge on any atom is -0.307 e. The molecule has 84 valence electrons. The summed E-state index contributed by atoms with van der Waals surface area (Å²) in [6.07, 6.45) is 6.69. The molecule has 0 atom stereocenters. The Labute approximate surface area is 94.6 Å². The fraction of sp³-hybridized carbons (Fsp3) is 0.250. The predicted molar refractivity (Wildman–Crippen MR) is 63.7 cm³/mol. The Bertz CT molecular complexity index is 468. The van der Waals surface area contributed by atoms with Crippen LogP contribution in [-0.2, 0) is 0 Å². The van der Waals surface area contributed by atoms with E-state index < -0.39 is 0 Å². The maximum Gasteiger partial charge on any atom is 0.181 e. The third kappa shape index (κ3) is 3.02. The van der Waals surface area contributed by atoms with Crippen LogP contribution in [0, 0.1) is 6.92 Å². The summed E-state index contributed by atoms with van der Waals surface area (Å²) in [6, 6.07) is 2.98. The number of aryl methyl sites for hydroxylation is 1. The van der Waals surface area contributed by atoms with E-state index in [1.54, 1.807) is 29.4 Å². The van der Waals surface area contributed by atoms with Gasteiger partial charge in [-0.3, -0.25) is 9.78 Å². The fourth-order valence-corrected chi connectivity index (χ4v) is 1.08. The minimum absolute atomic E-state index is 0.0127. The van der Waals surface area contributed by atoms with Crippen molar-refractivity contribution < 1.29 is 0 Å². The van der Waals surface area contributed by atoms with Crippen molar-refractivity contribution in [3.05, 3.63) is 52.8 Å². The molecule has 0 fully saturated rings. The van der Waals surface area contributed by atoms with Crippen molar-refractivity contribution in [2.24, 2.45) is 0 Å². The molecule has 0 N–H and O–H groups in total. The smallest absolute Gasteiger partial charge is 0.181 e. The highest BCUT2D eigenvalue weighted by Gasteiger charge is 1.95. The van der Waals surface area contributed by atoms with Gasteiger partial charge in [0.2, 0.25) is 0 Å². The highest BCUT2D eigenvalue weighted by Crippen LogP contribution is 2.00. The second kappa shape index (κ2) is 5.80. The standard InChI is InChI=1S/C10H9N3O.C2H6/c1-8-6-12-10(7-11-8)13-4-2-9(14)3-5-13;1-2/h2-7H,1H3;1-2H3. The number of hydrogen-bond acceptors (Lipinski definition) is 3. The third-order valence-electron chi connectivity index (χ3n) is 1.83. The van der Waals surface area contributed by atoms with Crippen molar-refractivity contribution in [2.45, 2.75) is 20.8 Å². The van der Waals surface area contributed by atoms with Crippen LogP contribution >= 0.6 is 0 Å². The Balaban J connectivity index is 0.000000606. The number of rotatable bonds is 1. The fourth-order valence-electron chi connectivity index (χ4n) is 1.08. The molecule has 2 heterocycles. The lowest BCUT2D eigenvalue weighted by Gasteiger charge is -2.03. The third-order valence-corrected chi connectivity index (χ3v) is 1.83. The van der Waals surface area contributed by atoms with E-state index in [4.69, 9.17) is 0 Å². The quantitative estimate of drug-likeness (QED) is 0.733. The van der Waals surface area contributed by atoms with Gasteiger partial charge < -0.3 is 4.57 Å². The Morgan fingerprint density at radius 2 is 1.69 bits per heavy atom. The first-order valence-electron chi connectivity index (χ1n) is 5.23. The van der Waals surface area contributed by atoms with Gasteiger partial charge in [-0.15, -0.1) is 0 Å². The first kappa shape index (κ1) is 12.1. The second-order valence-electron chi connectivity index (χ2n) is 2.96. The summed E-state index contributed by atoms with van der Waals surface area (Å²) < 4.78 is 1.74. The highest BCUT2D eigenvalue weighted by molar-refractivity contribution is 5.19. The topological polar surface area (TPSA) is 47.8 Å². The zero-order valence-corrected chi connectivity index (χ0v) is 9.71. The van der Waals surface area contributed by atoms with Crippen molar-refractivity contribution in [1.29, 1.82) is 0 Å². The van der Waals surface area contributed by atoms with E-state index in [1.165, 1.54) is 12.1 Å². The van der Waals surface area contributed by atoms with Gasteiger partial charge in [0.25, 0.3) is 0 Å². The normalized spacial score (nSPS) is 9.19. The van der Waals surface area contributed by atoms with Gasteiger partial charge >= 0.3 is 0 Å². The first-order valence-corrected chi connectivity index (χ1v) is 5.23. The molecule has 2 rings (SSSR count). The molecule has 2 aromatic heterocycles. The summed E-state index contributed by atoms with van der Waals surface area (Å²) in [4.78, 5) is 19.2. The van der Waals surface area contributed by atoms with Gasteiger partial charge in [-0.2, -0.15) is 0 Å². The van der Waals surface area contributed by atoms with Crippen LogP contribution in [-0.4, -0.2) is 14.5 Å². The second-order valence-corrected chi connectivity index (χ2v) is 2.96. The average Bonchev–Trinajstić information content (AvgIpc) is 2.34. The highest BCUT2D eigenvalue weighted by atomic mass is 16.1. The van der Waals surface area contributed by atoms with Gasteiger partial charge in [-0.25, -0.2) is 4.98 Å². The molecule has 0 aliphatic heterocycles. The summed E-state index contributed by atoms with van der Waals surface area (Å²) in [5.41, 5.74) is 0.858. The Morgan fingerprint density at radius 1 is 1.06 bits per heavy atom. The maximum atomic E-state index is 10.9. The molecule has 0 aliphatic carbocycles. The van der Waals surface area contributed by atoms with Gasteiger partial charge in [0.05, 0.1) is 18.1 Å². The van der Waals surface area contributed by atoms with Crippen molar-refractivity contribution in [1.82, 2.24) is 14.5 Å². The molecule has 16 heavy (non-hydrogen) atoms. The molecule has 0 saturated carbocycles. The zero-order valence-electron chi connectivity index (χ0n) is 9.71. The molecule has 0 bridgehead atoms. The van der Waals surface area contributed by atoms with Crippen molar-refractivity contribution in [2.75, 3.05) is 0 Å². The Hall–Kier alpha value is -1.97. The lowest BCUT2D eigenvalue weighted by atomic mass is 10.4. The molecule has 4 heteroatoms. The molecule has 2 aromatic rings. The van der Waals surface area contributed by atoms with Gasteiger partial charge in [-0.05, 0) is 6.92 Å². The summed E-state index contributed by atoms with van der Waals surface area (Å²) >= 11 is 0. The maximum absolute atomic E-state index is 10.9. The minimum atomic E-state index is -0.0127. The van der Waals surface area contributed by atoms with Gasteiger partial charge in [0.15, 0.2) is 11.2 Å². The van der Waals surface area contributed by atoms with E-state index >= 15 is 0 Å². The summed E-state index contributed by atoms with van der Waals surface area (Å²) in [5.74, 6) is 0.704.